The van der Waals surface area contributed by atoms with Crippen molar-refractivity contribution in [3.05, 3.63) is 18.0 Å². The van der Waals surface area contributed by atoms with Crippen molar-refractivity contribution in [2.75, 3.05) is 0 Å². The van der Waals surface area contributed by atoms with Crippen LogP contribution in [-0.4, -0.2) is 9.78 Å². The molecule has 3 N–H and O–H groups in total. The molecule has 1 aromatic heterocycles. The first-order chi connectivity index (χ1) is 9.10. The van der Waals surface area contributed by atoms with Crippen molar-refractivity contribution in [2.24, 2.45) is 17.2 Å². The Bertz CT molecular complexity index is 397. The van der Waals surface area contributed by atoms with Crippen LogP contribution >= 0.6 is 0 Å². The first-order valence-corrected chi connectivity index (χ1v) is 7.58. The van der Waals surface area contributed by atoms with E-state index in [2.05, 4.69) is 42.0 Å². The molecular weight excluding hydrogens is 236 g/mol. The van der Waals surface area contributed by atoms with Crippen molar-refractivity contribution < 1.29 is 0 Å². The summed E-state index contributed by atoms with van der Waals surface area (Å²) in [5, 5.41) is 4.44. The third-order valence-corrected chi connectivity index (χ3v) is 4.68. The lowest BCUT2D eigenvalue weighted by molar-refractivity contribution is 0.0946. The predicted octanol–water partition coefficient (Wildman–Crippen LogP) is 3.01. The number of nitrogens with zero attached hydrogens (tertiary/aromatic N) is 2. The van der Waals surface area contributed by atoms with Crippen molar-refractivity contribution >= 4 is 0 Å². The minimum atomic E-state index is 0.212. The lowest BCUT2D eigenvalue weighted by Gasteiger charge is -2.43. The second kappa shape index (κ2) is 6.06. The summed E-state index contributed by atoms with van der Waals surface area (Å²) >= 11 is 0. The maximum atomic E-state index is 5.89. The molecule has 2 unspecified atom stereocenters. The fraction of sp³-hybridized carbons (Fsp3) is 0.800. The van der Waals surface area contributed by atoms with Crippen LogP contribution < -0.4 is 11.3 Å². The van der Waals surface area contributed by atoms with Gasteiger partial charge in [-0.1, -0.05) is 33.6 Å². The van der Waals surface area contributed by atoms with E-state index in [1.54, 1.807) is 0 Å². The number of hydrazine groups is 1. The highest BCUT2D eigenvalue weighted by Crippen LogP contribution is 2.46. The molecule has 2 atom stereocenters. The van der Waals surface area contributed by atoms with Crippen molar-refractivity contribution in [2.45, 2.75) is 65.5 Å². The van der Waals surface area contributed by atoms with Crippen LogP contribution in [0, 0.1) is 11.3 Å². The smallest absolute Gasteiger partial charge is 0.0662 e. The highest BCUT2D eigenvalue weighted by atomic mass is 15.3. The number of rotatable bonds is 5. The van der Waals surface area contributed by atoms with Crippen LogP contribution in [0.4, 0.5) is 0 Å². The van der Waals surface area contributed by atoms with Gasteiger partial charge in [0.2, 0.25) is 0 Å². The molecule has 1 fully saturated rings. The Morgan fingerprint density at radius 3 is 2.95 bits per heavy atom. The third-order valence-electron chi connectivity index (χ3n) is 4.68. The Morgan fingerprint density at radius 1 is 1.53 bits per heavy atom. The molecule has 108 valence electrons. The summed E-state index contributed by atoms with van der Waals surface area (Å²) in [6, 6.07) is 2.33. The molecular formula is C15H28N4. The number of nitrogens with two attached hydrogens (primary N) is 1. The van der Waals surface area contributed by atoms with Gasteiger partial charge in [-0.3, -0.25) is 16.0 Å². The van der Waals surface area contributed by atoms with Crippen molar-refractivity contribution in [3.8, 4) is 0 Å². The van der Waals surface area contributed by atoms with E-state index >= 15 is 0 Å². The van der Waals surface area contributed by atoms with Gasteiger partial charge in [-0.15, -0.1) is 0 Å². The van der Waals surface area contributed by atoms with Gasteiger partial charge >= 0.3 is 0 Å². The van der Waals surface area contributed by atoms with Gasteiger partial charge in [0.15, 0.2) is 0 Å². The molecule has 0 bridgehead atoms. The van der Waals surface area contributed by atoms with Crippen LogP contribution in [-0.2, 0) is 6.54 Å². The Kier molecular flexibility index (Phi) is 4.63. The van der Waals surface area contributed by atoms with Crippen LogP contribution in [0.15, 0.2) is 12.3 Å². The summed E-state index contributed by atoms with van der Waals surface area (Å²) in [4.78, 5) is 0. The van der Waals surface area contributed by atoms with Gasteiger partial charge in [0.05, 0.1) is 11.7 Å². The van der Waals surface area contributed by atoms with Crippen molar-refractivity contribution in [1.82, 2.24) is 15.2 Å². The first-order valence-electron chi connectivity index (χ1n) is 7.58. The quantitative estimate of drug-likeness (QED) is 0.635. The van der Waals surface area contributed by atoms with Crippen LogP contribution in [0.5, 0.6) is 0 Å². The molecule has 0 aromatic carbocycles. The number of hydrogen-bond donors (Lipinski definition) is 2. The second-order valence-electron chi connectivity index (χ2n) is 6.46. The molecule has 0 radical (unpaired) electrons. The fourth-order valence-corrected chi connectivity index (χ4v) is 3.55. The van der Waals surface area contributed by atoms with Crippen LogP contribution in [0.2, 0.25) is 0 Å². The Balaban J connectivity index is 2.25. The third kappa shape index (κ3) is 3.00. The molecule has 1 aromatic rings. The summed E-state index contributed by atoms with van der Waals surface area (Å²) in [7, 11) is 0. The van der Waals surface area contributed by atoms with E-state index in [9.17, 15) is 0 Å². The van der Waals surface area contributed by atoms with Gasteiger partial charge in [0, 0.05) is 12.7 Å². The fourth-order valence-electron chi connectivity index (χ4n) is 3.55. The summed E-state index contributed by atoms with van der Waals surface area (Å²) in [5.74, 6) is 6.47. The molecule has 1 saturated carbocycles. The Morgan fingerprint density at radius 2 is 2.32 bits per heavy atom. The Labute approximate surface area is 116 Å². The van der Waals surface area contributed by atoms with E-state index in [0.717, 1.165) is 13.0 Å². The number of nitrogens with one attached hydrogen (secondary N) is 1. The van der Waals surface area contributed by atoms with E-state index in [1.165, 1.54) is 31.4 Å². The maximum Gasteiger partial charge on any atom is 0.0662 e. The van der Waals surface area contributed by atoms with Crippen LogP contribution in [0.3, 0.4) is 0 Å². The largest absolute Gasteiger partial charge is 0.271 e. The molecule has 0 amide bonds. The monoisotopic (exact) mass is 264 g/mol. The van der Waals surface area contributed by atoms with Crippen molar-refractivity contribution in [3.63, 3.8) is 0 Å². The molecule has 1 aliphatic carbocycles. The van der Waals surface area contributed by atoms with E-state index < -0.39 is 0 Å². The number of hydrogen-bond acceptors (Lipinski definition) is 3. The van der Waals surface area contributed by atoms with Gasteiger partial charge in [-0.2, -0.15) is 5.10 Å². The van der Waals surface area contributed by atoms with Gasteiger partial charge in [-0.25, -0.2) is 0 Å². The van der Waals surface area contributed by atoms with Crippen molar-refractivity contribution in [1.29, 1.82) is 0 Å². The minimum absolute atomic E-state index is 0.212. The SMILES string of the molecule is CCCn1nccc1C(NN)C1CCCCC1(C)C. The number of aryl methyl sites for hydroxylation is 1. The molecule has 0 spiro atoms. The Hall–Kier alpha value is -0.870. The van der Waals surface area contributed by atoms with Crippen LogP contribution in [0.1, 0.15) is 64.6 Å². The summed E-state index contributed by atoms with van der Waals surface area (Å²) < 4.78 is 2.11. The average Bonchev–Trinajstić information content (AvgIpc) is 2.81. The summed E-state index contributed by atoms with van der Waals surface area (Å²) in [6.45, 7) is 7.90. The van der Waals surface area contributed by atoms with E-state index in [0.29, 0.717) is 11.3 Å². The molecule has 19 heavy (non-hydrogen) atoms. The lowest BCUT2D eigenvalue weighted by Crippen LogP contribution is -2.42. The van der Waals surface area contributed by atoms with Gasteiger partial charge < -0.3 is 0 Å². The summed E-state index contributed by atoms with van der Waals surface area (Å²) in [6.07, 6.45) is 8.19. The topological polar surface area (TPSA) is 55.9 Å². The highest BCUT2D eigenvalue weighted by molar-refractivity contribution is 5.10. The number of aromatic nitrogens is 2. The normalized spacial score (nSPS) is 24.3. The zero-order chi connectivity index (χ0) is 13.9. The first kappa shape index (κ1) is 14.5. The van der Waals surface area contributed by atoms with Gasteiger partial charge in [0.1, 0.15) is 0 Å². The average molecular weight is 264 g/mol. The molecule has 2 rings (SSSR count). The zero-order valence-electron chi connectivity index (χ0n) is 12.5. The van der Waals surface area contributed by atoms with E-state index in [1.807, 2.05) is 6.20 Å². The molecule has 4 heteroatoms. The maximum absolute atomic E-state index is 5.89. The molecule has 4 nitrogen and oxygen atoms in total. The second-order valence-corrected chi connectivity index (χ2v) is 6.46. The van der Waals surface area contributed by atoms with Crippen LogP contribution in [0.25, 0.3) is 0 Å². The lowest BCUT2D eigenvalue weighted by atomic mass is 9.65. The minimum Gasteiger partial charge on any atom is -0.271 e. The zero-order valence-corrected chi connectivity index (χ0v) is 12.5. The standard InChI is InChI=1S/C15H28N4/c1-4-11-19-13(8-10-17-19)14(18-16)12-7-5-6-9-15(12,2)3/h8,10,12,14,18H,4-7,9,11,16H2,1-3H3. The highest BCUT2D eigenvalue weighted by Gasteiger charge is 2.38. The van der Waals surface area contributed by atoms with E-state index in [4.69, 9.17) is 5.84 Å². The van der Waals surface area contributed by atoms with E-state index in [-0.39, 0.29) is 6.04 Å². The molecule has 0 saturated heterocycles. The van der Waals surface area contributed by atoms with Gasteiger partial charge in [0.25, 0.3) is 0 Å². The molecule has 1 aliphatic rings. The summed E-state index contributed by atoms with van der Waals surface area (Å²) in [5.41, 5.74) is 4.65. The molecule has 0 aliphatic heterocycles. The predicted molar refractivity (Wildman–Crippen MR) is 78.3 cm³/mol. The van der Waals surface area contributed by atoms with Gasteiger partial charge in [-0.05, 0) is 36.7 Å². The molecule has 1 heterocycles.